The highest BCUT2D eigenvalue weighted by Gasteiger charge is 2.05. The largest absolute Gasteiger partial charge is 0.385 e. The van der Waals surface area contributed by atoms with Gasteiger partial charge in [0.2, 0.25) is 0 Å². The molecule has 0 spiro atoms. The number of hydrogen-bond donors (Lipinski definition) is 1. The minimum absolute atomic E-state index is 0.794. The standard InChI is InChI=1S/C10H10ClN/c11-9-4-1-3-8(7-9)10-5-2-6-12-10/h1,3-5,7,12H,2,6H2. The van der Waals surface area contributed by atoms with Gasteiger partial charge in [0.1, 0.15) is 0 Å². The van der Waals surface area contributed by atoms with Gasteiger partial charge in [0.05, 0.1) is 0 Å². The van der Waals surface area contributed by atoms with Crippen LogP contribution in [0.3, 0.4) is 0 Å². The third-order valence-electron chi connectivity index (χ3n) is 1.94. The molecule has 0 aliphatic carbocycles. The maximum absolute atomic E-state index is 5.87. The summed E-state index contributed by atoms with van der Waals surface area (Å²) in [5, 5.41) is 4.10. The average Bonchev–Trinajstić information content (AvgIpc) is 2.56. The summed E-state index contributed by atoms with van der Waals surface area (Å²) in [4.78, 5) is 0. The van der Waals surface area contributed by atoms with E-state index in [4.69, 9.17) is 11.6 Å². The molecule has 0 radical (unpaired) electrons. The van der Waals surface area contributed by atoms with E-state index in [0.717, 1.165) is 18.0 Å². The van der Waals surface area contributed by atoms with E-state index < -0.39 is 0 Å². The van der Waals surface area contributed by atoms with E-state index in [0.29, 0.717) is 0 Å². The second-order valence-corrected chi connectivity index (χ2v) is 3.28. The molecule has 1 aromatic rings. The van der Waals surface area contributed by atoms with Crippen LogP contribution in [-0.2, 0) is 0 Å². The highest BCUT2D eigenvalue weighted by molar-refractivity contribution is 6.30. The van der Waals surface area contributed by atoms with Crippen LogP contribution in [0.25, 0.3) is 5.70 Å². The maximum Gasteiger partial charge on any atom is 0.0412 e. The van der Waals surface area contributed by atoms with Gasteiger partial charge in [-0.05, 0) is 24.1 Å². The van der Waals surface area contributed by atoms with Crippen molar-refractivity contribution >= 4 is 17.3 Å². The smallest absolute Gasteiger partial charge is 0.0412 e. The molecule has 0 atom stereocenters. The number of benzene rings is 1. The van der Waals surface area contributed by atoms with Crippen molar-refractivity contribution in [2.24, 2.45) is 0 Å². The van der Waals surface area contributed by atoms with Gasteiger partial charge in [0.15, 0.2) is 0 Å². The Morgan fingerprint density at radius 2 is 2.25 bits per heavy atom. The maximum atomic E-state index is 5.87. The predicted molar refractivity (Wildman–Crippen MR) is 52.0 cm³/mol. The topological polar surface area (TPSA) is 12.0 Å². The van der Waals surface area contributed by atoms with Gasteiger partial charge in [-0.15, -0.1) is 0 Å². The molecule has 12 heavy (non-hydrogen) atoms. The van der Waals surface area contributed by atoms with Crippen molar-refractivity contribution < 1.29 is 0 Å². The zero-order valence-electron chi connectivity index (χ0n) is 6.68. The van der Waals surface area contributed by atoms with Gasteiger partial charge in [0, 0.05) is 17.3 Å². The summed E-state index contributed by atoms with van der Waals surface area (Å²) >= 11 is 5.87. The predicted octanol–water partition coefficient (Wildman–Crippen LogP) is 2.67. The lowest BCUT2D eigenvalue weighted by molar-refractivity contribution is 0.928. The fourth-order valence-electron chi connectivity index (χ4n) is 1.37. The molecule has 0 saturated carbocycles. The SMILES string of the molecule is Clc1cccc(C2=CCCN2)c1. The van der Waals surface area contributed by atoms with Gasteiger partial charge >= 0.3 is 0 Å². The first-order valence-electron chi connectivity index (χ1n) is 4.06. The van der Waals surface area contributed by atoms with Crippen molar-refractivity contribution in [3.63, 3.8) is 0 Å². The first-order valence-corrected chi connectivity index (χ1v) is 4.44. The van der Waals surface area contributed by atoms with Crippen LogP contribution in [0.5, 0.6) is 0 Å². The Morgan fingerprint density at radius 3 is 2.92 bits per heavy atom. The minimum Gasteiger partial charge on any atom is -0.385 e. The molecule has 2 heteroatoms. The Hall–Kier alpha value is -0.950. The highest BCUT2D eigenvalue weighted by atomic mass is 35.5. The molecule has 1 aliphatic heterocycles. The molecular weight excluding hydrogens is 170 g/mol. The van der Waals surface area contributed by atoms with E-state index in [9.17, 15) is 0 Å². The van der Waals surface area contributed by atoms with E-state index in [1.54, 1.807) is 0 Å². The summed E-state index contributed by atoms with van der Waals surface area (Å²) in [6, 6.07) is 7.90. The summed E-state index contributed by atoms with van der Waals surface area (Å²) in [6.45, 7) is 1.04. The molecule has 0 aromatic heterocycles. The second-order valence-electron chi connectivity index (χ2n) is 2.84. The van der Waals surface area contributed by atoms with E-state index >= 15 is 0 Å². The van der Waals surface area contributed by atoms with Crippen LogP contribution in [0.4, 0.5) is 0 Å². The normalized spacial score (nSPS) is 15.6. The minimum atomic E-state index is 0.794. The zero-order chi connectivity index (χ0) is 8.39. The lowest BCUT2D eigenvalue weighted by Gasteiger charge is -2.03. The Morgan fingerprint density at radius 1 is 1.33 bits per heavy atom. The molecule has 1 heterocycles. The van der Waals surface area contributed by atoms with Crippen LogP contribution in [0.15, 0.2) is 30.3 Å². The van der Waals surface area contributed by atoms with Crippen molar-refractivity contribution in [3.05, 3.63) is 40.9 Å². The average molecular weight is 180 g/mol. The Balaban J connectivity index is 2.33. The third-order valence-corrected chi connectivity index (χ3v) is 2.18. The summed E-state index contributed by atoms with van der Waals surface area (Å²) < 4.78 is 0. The molecule has 0 amide bonds. The van der Waals surface area contributed by atoms with Gasteiger partial charge in [-0.1, -0.05) is 29.8 Å². The van der Waals surface area contributed by atoms with E-state index in [-0.39, 0.29) is 0 Å². The van der Waals surface area contributed by atoms with E-state index in [1.807, 2.05) is 18.2 Å². The lowest BCUT2D eigenvalue weighted by Crippen LogP contribution is -2.05. The Bertz CT molecular complexity index is 317. The van der Waals surface area contributed by atoms with Crippen LogP contribution in [-0.4, -0.2) is 6.54 Å². The van der Waals surface area contributed by atoms with Crippen molar-refractivity contribution in [2.45, 2.75) is 6.42 Å². The summed E-state index contributed by atoms with van der Waals surface area (Å²) in [6.07, 6.45) is 3.31. The Labute approximate surface area is 77.0 Å². The van der Waals surface area contributed by atoms with Gasteiger partial charge in [0.25, 0.3) is 0 Å². The summed E-state index contributed by atoms with van der Waals surface area (Å²) in [5.74, 6) is 0. The van der Waals surface area contributed by atoms with Crippen LogP contribution < -0.4 is 5.32 Å². The number of hydrogen-bond acceptors (Lipinski definition) is 1. The van der Waals surface area contributed by atoms with Crippen molar-refractivity contribution in [3.8, 4) is 0 Å². The molecule has 2 rings (SSSR count). The van der Waals surface area contributed by atoms with Crippen LogP contribution >= 0.6 is 11.6 Å². The van der Waals surface area contributed by atoms with Crippen molar-refractivity contribution in [1.29, 1.82) is 0 Å². The first-order chi connectivity index (χ1) is 5.86. The van der Waals surface area contributed by atoms with E-state index in [1.165, 1.54) is 11.3 Å². The van der Waals surface area contributed by atoms with Gasteiger partial charge < -0.3 is 5.32 Å². The molecule has 1 aliphatic rings. The van der Waals surface area contributed by atoms with Crippen LogP contribution in [0, 0.1) is 0 Å². The van der Waals surface area contributed by atoms with Gasteiger partial charge in [-0.2, -0.15) is 0 Å². The van der Waals surface area contributed by atoms with Gasteiger partial charge in [-0.3, -0.25) is 0 Å². The molecule has 0 unspecified atom stereocenters. The van der Waals surface area contributed by atoms with Crippen molar-refractivity contribution in [2.75, 3.05) is 6.54 Å². The Kier molecular flexibility index (Phi) is 2.05. The molecule has 1 aromatic carbocycles. The number of halogens is 1. The fourth-order valence-corrected chi connectivity index (χ4v) is 1.56. The van der Waals surface area contributed by atoms with Gasteiger partial charge in [-0.25, -0.2) is 0 Å². The molecule has 0 fully saturated rings. The molecule has 1 nitrogen and oxygen atoms in total. The molecule has 0 bridgehead atoms. The lowest BCUT2D eigenvalue weighted by atomic mass is 10.1. The molecule has 0 saturated heterocycles. The zero-order valence-corrected chi connectivity index (χ0v) is 7.43. The van der Waals surface area contributed by atoms with Crippen molar-refractivity contribution in [1.82, 2.24) is 5.32 Å². The van der Waals surface area contributed by atoms with Crippen LogP contribution in [0.1, 0.15) is 12.0 Å². The first kappa shape index (κ1) is 7.69. The molecule has 62 valence electrons. The quantitative estimate of drug-likeness (QED) is 0.699. The number of rotatable bonds is 1. The molecule has 1 N–H and O–H groups in total. The number of nitrogens with one attached hydrogen (secondary N) is 1. The highest BCUT2D eigenvalue weighted by Crippen LogP contribution is 2.19. The monoisotopic (exact) mass is 179 g/mol. The second kappa shape index (κ2) is 3.20. The molecular formula is C10H10ClN. The third kappa shape index (κ3) is 1.46. The summed E-state index contributed by atoms with van der Waals surface area (Å²) in [7, 11) is 0. The summed E-state index contributed by atoms with van der Waals surface area (Å²) in [5.41, 5.74) is 2.39. The fraction of sp³-hybridized carbons (Fsp3) is 0.200. The van der Waals surface area contributed by atoms with E-state index in [2.05, 4.69) is 17.5 Å². The van der Waals surface area contributed by atoms with Crippen LogP contribution in [0.2, 0.25) is 5.02 Å².